The Labute approximate surface area is 157 Å². The van der Waals surface area contributed by atoms with E-state index in [0.717, 1.165) is 35.4 Å². The highest BCUT2D eigenvalue weighted by molar-refractivity contribution is 5.96. The Morgan fingerprint density at radius 2 is 1.69 bits per heavy atom. The molecule has 1 aliphatic rings. The second-order valence-electron chi connectivity index (χ2n) is 7.49. The third kappa shape index (κ3) is 4.99. The predicted molar refractivity (Wildman–Crippen MR) is 104 cm³/mol. The van der Waals surface area contributed by atoms with Gasteiger partial charge in [-0.1, -0.05) is 13.8 Å². The molecule has 1 aromatic carbocycles. The van der Waals surface area contributed by atoms with E-state index in [4.69, 9.17) is 4.74 Å². The molecule has 0 radical (unpaired) electrons. The summed E-state index contributed by atoms with van der Waals surface area (Å²) in [6.07, 6.45) is 1.40. The summed E-state index contributed by atoms with van der Waals surface area (Å²) in [6, 6.07) is 3.87. The smallest absolute Gasteiger partial charge is 0.254 e. The van der Waals surface area contributed by atoms with Crippen molar-refractivity contribution < 1.29 is 14.3 Å². The van der Waals surface area contributed by atoms with E-state index in [1.54, 1.807) is 0 Å². The van der Waals surface area contributed by atoms with Crippen LogP contribution >= 0.6 is 0 Å². The summed E-state index contributed by atoms with van der Waals surface area (Å²) < 4.78 is 5.62. The van der Waals surface area contributed by atoms with Gasteiger partial charge < -0.3 is 14.5 Å². The standard InChI is InChI=1S/C21H32N2O3/c1-6-26-19-14-16(4)18(13-17(19)5)21(25)23-9-7-8-22(10-11-23)20(24)12-15(2)3/h13-15H,6-12H2,1-5H3. The number of aryl methyl sites for hydroxylation is 2. The van der Waals surface area contributed by atoms with E-state index in [0.29, 0.717) is 38.6 Å². The molecule has 0 bridgehead atoms. The van der Waals surface area contributed by atoms with Crippen molar-refractivity contribution in [3.05, 3.63) is 28.8 Å². The number of hydrogen-bond acceptors (Lipinski definition) is 3. The third-order valence-electron chi connectivity index (χ3n) is 4.77. The summed E-state index contributed by atoms with van der Waals surface area (Å²) in [5.74, 6) is 1.44. The van der Waals surface area contributed by atoms with E-state index in [2.05, 4.69) is 13.8 Å². The zero-order valence-electron chi connectivity index (χ0n) is 16.8. The summed E-state index contributed by atoms with van der Waals surface area (Å²) in [6.45, 7) is 13.2. The van der Waals surface area contributed by atoms with Crippen molar-refractivity contribution in [3.8, 4) is 5.75 Å². The first-order valence-electron chi connectivity index (χ1n) is 9.64. The summed E-state index contributed by atoms with van der Waals surface area (Å²) in [4.78, 5) is 29.1. The molecule has 0 aromatic heterocycles. The summed E-state index contributed by atoms with van der Waals surface area (Å²) >= 11 is 0. The molecule has 26 heavy (non-hydrogen) atoms. The molecule has 0 N–H and O–H groups in total. The van der Waals surface area contributed by atoms with Crippen LogP contribution in [0.3, 0.4) is 0 Å². The normalized spacial score (nSPS) is 15.2. The topological polar surface area (TPSA) is 49.9 Å². The van der Waals surface area contributed by atoms with Gasteiger partial charge in [-0.15, -0.1) is 0 Å². The maximum absolute atomic E-state index is 13.0. The second kappa shape index (κ2) is 9.06. The molecule has 5 heteroatoms. The number of hydrogen-bond donors (Lipinski definition) is 0. The number of ether oxygens (including phenoxy) is 1. The zero-order chi connectivity index (χ0) is 19.3. The lowest BCUT2D eigenvalue weighted by Gasteiger charge is -2.23. The molecule has 2 rings (SSSR count). The van der Waals surface area contributed by atoms with Crippen molar-refractivity contribution in [1.82, 2.24) is 9.80 Å². The first-order chi connectivity index (χ1) is 12.3. The highest BCUT2D eigenvalue weighted by Crippen LogP contribution is 2.24. The lowest BCUT2D eigenvalue weighted by Crippen LogP contribution is -2.37. The van der Waals surface area contributed by atoms with E-state index in [-0.39, 0.29) is 11.8 Å². The van der Waals surface area contributed by atoms with Gasteiger partial charge in [0.2, 0.25) is 5.91 Å². The molecule has 5 nitrogen and oxygen atoms in total. The Hall–Kier alpha value is -2.04. The van der Waals surface area contributed by atoms with Crippen LogP contribution in [0.5, 0.6) is 5.75 Å². The van der Waals surface area contributed by atoms with Crippen LogP contribution in [0.25, 0.3) is 0 Å². The SMILES string of the molecule is CCOc1cc(C)c(C(=O)N2CCCN(C(=O)CC(C)C)CC2)cc1C. The Morgan fingerprint density at radius 1 is 1.04 bits per heavy atom. The minimum absolute atomic E-state index is 0.0480. The summed E-state index contributed by atoms with van der Waals surface area (Å²) in [5, 5.41) is 0. The predicted octanol–water partition coefficient (Wildman–Crippen LogP) is 3.42. The van der Waals surface area contributed by atoms with Gasteiger partial charge in [0.25, 0.3) is 5.91 Å². The highest BCUT2D eigenvalue weighted by atomic mass is 16.5. The zero-order valence-corrected chi connectivity index (χ0v) is 16.8. The van der Waals surface area contributed by atoms with Gasteiger partial charge >= 0.3 is 0 Å². The number of amides is 2. The summed E-state index contributed by atoms with van der Waals surface area (Å²) in [7, 11) is 0. The van der Waals surface area contributed by atoms with Gasteiger partial charge in [0.15, 0.2) is 0 Å². The van der Waals surface area contributed by atoms with Gasteiger partial charge in [-0.3, -0.25) is 9.59 Å². The summed E-state index contributed by atoms with van der Waals surface area (Å²) in [5.41, 5.74) is 2.64. The Bertz CT molecular complexity index is 655. The van der Waals surface area contributed by atoms with E-state index in [1.807, 2.05) is 42.7 Å². The number of carbonyl (C=O) groups is 2. The van der Waals surface area contributed by atoms with Crippen LogP contribution in [0.1, 0.15) is 55.1 Å². The molecule has 1 saturated heterocycles. The number of nitrogens with zero attached hydrogens (tertiary/aromatic N) is 2. The fourth-order valence-electron chi connectivity index (χ4n) is 3.35. The van der Waals surface area contributed by atoms with Gasteiger partial charge in [0.1, 0.15) is 5.75 Å². The molecule has 0 saturated carbocycles. The molecule has 144 valence electrons. The highest BCUT2D eigenvalue weighted by Gasteiger charge is 2.24. The van der Waals surface area contributed by atoms with Crippen molar-refractivity contribution >= 4 is 11.8 Å². The fraction of sp³-hybridized carbons (Fsp3) is 0.619. The lowest BCUT2D eigenvalue weighted by molar-refractivity contribution is -0.131. The quantitative estimate of drug-likeness (QED) is 0.808. The van der Waals surface area contributed by atoms with Crippen molar-refractivity contribution in [1.29, 1.82) is 0 Å². The second-order valence-corrected chi connectivity index (χ2v) is 7.49. The molecule has 0 unspecified atom stereocenters. The monoisotopic (exact) mass is 360 g/mol. The fourth-order valence-corrected chi connectivity index (χ4v) is 3.35. The maximum atomic E-state index is 13.0. The van der Waals surface area contributed by atoms with Crippen LogP contribution in [-0.2, 0) is 4.79 Å². The van der Waals surface area contributed by atoms with Crippen LogP contribution in [0, 0.1) is 19.8 Å². The molecule has 2 amide bonds. The molecule has 1 fully saturated rings. The lowest BCUT2D eigenvalue weighted by atomic mass is 10.0. The van der Waals surface area contributed by atoms with Crippen LogP contribution in [0.4, 0.5) is 0 Å². The van der Waals surface area contributed by atoms with Crippen molar-refractivity contribution in [2.45, 2.75) is 47.5 Å². The number of rotatable bonds is 5. The van der Waals surface area contributed by atoms with Gasteiger partial charge in [0.05, 0.1) is 6.61 Å². The minimum Gasteiger partial charge on any atom is -0.494 e. The third-order valence-corrected chi connectivity index (χ3v) is 4.77. The Kier molecular flexibility index (Phi) is 7.06. The molecule has 0 spiro atoms. The largest absolute Gasteiger partial charge is 0.494 e. The molecular formula is C21H32N2O3. The van der Waals surface area contributed by atoms with Crippen LogP contribution in [0.2, 0.25) is 0 Å². The van der Waals surface area contributed by atoms with Crippen LogP contribution in [-0.4, -0.2) is 54.4 Å². The minimum atomic E-state index is 0.0480. The average molecular weight is 360 g/mol. The van der Waals surface area contributed by atoms with Gasteiger partial charge in [0, 0.05) is 38.2 Å². The van der Waals surface area contributed by atoms with Crippen molar-refractivity contribution in [2.24, 2.45) is 5.92 Å². The van der Waals surface area contributed by atoms with E-state index >= 15 is 0 Å². The van der Waals surface area contributed by atoms with Crippen molar-refractivity contribution in [2.75, 3.05) is 32.8 Å². The van der Waals surface area contributed by atoms with Gasteiger partial charge in [-0.05, 0) is 56.4 Å². The molecular weight excluding hydrogens is 328 g/mol. The Morgan fingerprint density at radius 3 is 2.35 bits per heavy atom. The van der Waals surface area contributed by atoms with E-state index < -0.39 is 0 Å². The first kappa shape index (κ1) is 20.3. The molecule has 1 heterocycles. The van der Waals surface area contributed by atoms with Gasteiger partial charge in [-0.25, -0.2) is 0 Å². The average Bonchev–Trinajstić information content (AvgIpc) is 2.83. The van der Waals surface area contributed by atoms with Crippen LogP contribution < -0.4 is 4.74 Å². The van der Waals surface area contributed by atoms with E-state index in [1.165, 1.54) is 0 Å². The molecule has 0 aliphatic carbocycles. The van der Waals surface area contributed by atoms with Crippen molar-refractivity contribution in [3.63, 3.8) is 0 Å². The molecule has 1 aliphatic heterocycles. The Balaban J connectivity index is 2.08. The van der Waals surface area contributed by atoms with E-state index in [9.17, 15) is 9.59 Å². The van der Waals surface area contributed by atoms with Gasteiger partial charge in [-0.2, -0.15) is 0 Å². The first-order valence-corrected chi connectivity index (χ1v) is 9.64. The molecule has 1 aromatic rings. The number of benzene rings is 1. The maximum Gasteiger partial charge on any atom is 0.254 e. The molecule has 0 atom stereocenters. The number of carbonyl (C=O) groups excluding carboxylic acids is 2. The van der Waals surface area contributed by atoms with Crippen LogP contribution in [0.15, 0.2) is 12.1 Å².